The van der Waals surface area contributed by atoms with Crippen molar-refractivity contribution >= 4 is 5.84 Å². The van der Waals surface area contributed by atoms with Crippen LogP contribution in [-0.4, -0.2) is 23.8 Å². The second kappa shape index (κ2) is 5.97. The van der Waals surface area contributed by atoms with E-state index in [2.05, 4.69) is 5.16 Å². The third-order valence-corrected chi connectivity index (χ3v) is 1.46. The zero-order valence-electron chi connectivity index (χ0n) is 7.08. The van der Waals surface area contributed by atoms with Crippen LogP contribution in [0.1, 0.15) is 26.7 Å². The maximum Gasteiger partial charge on any atom is 0.141 e. The fourth-order valence-corrected chi connectivity index (χ4v) is 0.533. The molecule has 0 radical (unpaired) electrons. The molecule has 11 heavy (non-hydrogen) atoms. The minimum Gasteiger partial charge on any atom is -0.409 e. The van der Waals surface area contributed by atoms with Crippen LogP contribution in [0.2, 0.25) is 0 Å². The zero-order valence-corrected chi connectivity index (χ0v) is 7.08. The SMILES string of the molecule is CCC(C)OCC/C(N)=N/O. The van der Waals surface area contributed by atoms with Crippen LogP contribution in [-0.2, 0) is 4.74 Å². The van der Waals surface area contributed by atoms with Crippen LogP contribution >= 0.6 is 0 Å². The van der Waals surface area contributed by atoms with Crippen LogP contribution in [0, 0.1) is 0 Å². The van der Waals surface area contributed by atoms with Gasteiger partial charge in [-0.3, -0.25) is 0 Å². The van der Waals surface area contributed by atoms with E-state index in [0.29, 0.717) is 13.0 Å². The van der Waals surface area contributed by atoms with Gasteiger partial charge in [0.1, 0.15) is 5.84 Å². The van der Waals surface area contributed by atoms with Gasteiger partial charge in [0.05, 0.1) is 12.7 Å². The van der Waals surface area contributed by atoms with Crippen LogP contribution in [0.15, 0.2) is 5.16 Å². The maximum absolute atomic E-state index is 8.16. The predicted octanol–water partition coefficient (Wildman–Crippen LogP) is 0.938. The topological polar surface area (TPSA) is 67.8 Å². The standard InChI is InChI=1S/C7H16N2O2/c1-3-6(2)11-5-4-7(8)9-10/h6,10H,3-5H2,1-2H3,(H2,8,9). The van der Waals surface area contributed by atoms with Crippen molar-refractivity contribution in [1.82, 2.24) is 0 Å². The molecule has 0 aromatic heterocycles. The molecule has 3 N–H and O–H groups in total. The molecule has 1 unspecified atom stereocenters. The van der Waals surface area contributed by atoms with Gasteiger partial charge in [-0.1, -0.05) is 12.1 Å². The van der Waals surface area contributed by atoms with Crippen molar-refractivity contribution in [2.45, 2.75) is 32.8 Å². The monoisotopic (exact) mass is 160 g/mol. The highest BCUT2D eigenvalue weighted by Gasteiger charge is 1.98. The van der Waals surface area contributed by atoms with Crippen molar-refractivity contribution in [1.29, 1.82) is 0 Å². The van der Waals surface area contributed by atoms with E-state index in [1.165, 1.54) is 0 Å². The van der Waals surface area contributed by atoms with E-state index in [1.807, 2.05) is 13.8 Å². The molecule has 0 aliphatic heterocycles. The first-order valence-electron chi connectivity index (χ1n) is 3.78. The number of oxime groups is 1. The Bertz CT molecular complexity index is 126. The summed E-state index contributed by atoms with van der Waals surface area (Å²) in [6.07, 6.45) is 1.72. The lowest BCUT2D eigenvalue weighted by molar-refractivity contribution is 0.0685. The smallest absolute Gasteiger partial charge is 0.141 e. The van der Waals surface area contributed by atoms with Gasteiger partial charge >= 0.3 is 0 Å². The molecule has 0 aromatic carbocycles. The second-order valence-corrected chi connectivity index (χ2v) is 2.43. The average molecular weight is 160 g/mol. The fourth-order valence-electron chi connectivity index (χ4n) is 0.533. The van der Waals surface area contributed by atoms with Crippen LogP contribution < -0.4 is 5.73 Å². The first-order chi connectivity index (χ1) is 5.20. The second-order valence-electron chi connectivity index (χ2n) is 2.43. The highest BCUT2D eigenvalue weighted by molar-refractivity contribution is 5.79. The summed E-state index contributed by atoms with van der Waals surface area (Å²) in [5.74, 6) is 0.216. The highest BCUT2D eigenvalue weighted by atomic mass is 16.5. The van der Waals surface area contributed by atoms with Crippen LogP contribution in [0.5, 0.6) is 0 Å². The van der Waals surface area contributed by atoms with Gasteiger partial charge in [0.2, 0.25) is 0 Å². The molecule has 4 nitrogen and oxygen atoms in total. The predicted molar refractivity (Wildman–Crippen MR) is 43.7 cm³/mol. The summed E-state index contributed by atoms with van der Waals surface area (Å²) in [4.78, 5) is 0. The Labute approximate surface area is 67.0 Å². The molecule has 0 fully saturated rings. The Morgan fingerprint density at radius 2 is 2.36 bits per heavy atom. The van der Waals surface area contributed by atoms with Crippen molar-refractivity contribution in [2.24, 2.45) is 10.9 Å². The summed E-state index contributed by atoms with van der Waals surface area (Å²) in [6, 6.07) is 0. The van der Waals surface area contributed by atoms with Crippen molar-refractivity contribution in [3.63, 3.8) is 0 Å². The van der Waals surface area contributed by atoms with Gasteiger partial charge < -0.3 is 15.7 Å². The minimum atomic E-state index is 0.216. The number of hydrogen-bond acceptors (Lipinski definition) is 3. The Morgan fingerprint density at radius 1 is 1.73 bits per heavy atom. The third-order valence-electron chi connectivity index (χ3n) is 1.46. The normalized spacial score (nSPS) is 14.9. The molecule has 0 aliphatic carbocycles. The number of nitrogens with two attached hydrogens (primary N) is 1. The molecule has 0 saturated carbocycles. The molecular formula is C7H16N2O2. The van der Waals surface area contributed by atoms with Crippen molar-refractivity contribution in [2.75, 3.05) is 6.61 Å². The van der Waals surface area contributed by atoms with Crippen LogP contribution in [0.4, 0.5) is 0 Å². The molecule has 0 amide bonds. The Balaban J connectivity index is 3.27. The van der Waals surface area contributed by atoms with Gasteiger partial charge in [0, 0.05) is 6.42 Å². The van der Waals surface area contributed by atoms with E-state index < -0.39 is 0 Å². The van der Waals surface area contributed by atoms with Crippen molar-refractivity contribution < 1.29 is 9.94 Å². The molecule has 0 heterocycles. The molecule has 0 rings (SSSR count). The number of ether oxygens (including phenoxy) is 1. The lowest BCUT2D eigenvalue weighted by Gasteiger charge is -2.08. The molecule has 0 spiro atoms. The quantitative estimate of drug-likeness (QED) is 0.272. The van der Waals surface area contributed by atoms with E-state index in [1.54, 1.807) is 0 Å². The van der Waals surface area contributed by atoms with Gasteiger partial charge in [-0.05, 0) is 13.3 Å². The van der Waals surface area contributed by atoms with Gasteiger partial charge in [-0.15, -0.1) is 0 Å². The summed E-state index contributed by atoms with van der Waals surface area (Å²) in [6.45, 7) is 4.56. The Morgan fingerprint density at radius 3 is 2.82 bits per heavy atom. The highest BCUT2D eigenvalue weighted by Crippen LogP contribution is 1.96. The van der Waals surface area contributed by atoms with Gasteiger partial charge in [-0.2, -0.15) is 0 Å². The van der Waals surface area contributed by atoms with Crippen LogP contribution in [0.25, 0.3) is 0 Å². The van der Waals surface area contributed by atoms with E-state index >= 15 is 0 Å². The molecule has 0 bridgehead atoms. The fraction of sp³-hybridized carbons (Fsp3) is 0.857. The number of amidine groups is 1. The first kappa shape index (κ1) is 10.2. The van der Waals surface area contributed by atoms with E-state index in [-0.39, 0.29) is 11.9 Å². The van der Waals surface area contributed by atoms with Gasteiger partial charge in [-0.25, -0.2) is 0 Å². The summed E-state index contributed by atoms with van der Waals surface area (Å²) < 4.78 is 5.29. The molecule has 66 valence electrons. The van der Waals surface area contributed by atoms with Gasteiger partial charge in [0.25, 0.3) is 0 Å². The van der Waals surface area contributed by atoms with Gasteiger partial charge in [0.15, 0.2) is 0 Å². The lowest BCUT2D eigenvalue weighted by atomic mass is 10.3. The Kier molecular flexibility index (Phi) is 5.56. The number of nitrogens with zero attached hydrogens (tertiary/aromatic N) is 1. The first-order valence-corrected chi connectivity index (χ1v) is 3.78. The number of hydrogen-bond donors (Lipinski definition) is 2. The third kappa shape index (κ3) is 5.66. The zero-order chi connectivity index (χ0) is 8.69. The van der Waals surface area contributed by atoms with E-state index in [4.69, 9.17) is 15.7 Å². The van der Waals surface area contributed by atoms with Crippen molar-refractivity contribution in [3.05, 3.63) is 0 Å². The molecule has 0 aliphatic rings. The van der Waals surface area contributed by atoms with E-state index in [0.717, 1.165) is 6.42 Å². The molecule has 0 saturated heterocycles. The number of rotatable bonds is 5. The summed E-state index contributed by atoms with van der Waals surface area (Å²) in [7, 11) is 0. The average Bonchev–Trinajstić information content (AvgIpc) is 2.04. The van der Waals surface area contributed by atoms with Crippen LogP contribution in [0.3, 0.4) is 0 Å². The summed E-state index contributed by atoms with van der Waals surface area (Å²) >= 11 is 0. The maximum atomic E-state index is 8.16. The van der Waals surface area contributed by atoms with E-state index in [9.17, 15) is 0 Å². The molecule has 1 atom stereocenters. The molecular weight excluding hydrogens is 144 g/mol. The molecule has 0 aromatic rings. The largest absolute Gasteiger partial charge is 0.409 e. The molecule has 4 heteroatoms. The summed E-state index contributed by atoms with van der Waals surface area (Å²) in [5, 5.41) is 11.0. The van der Waals surface area contributed by atoms with Crippen molar-refractivity contribution in [3.8, 4) is 0 Å². The Hall–Kier alpha value is -0.770. The summed E-state index contributed by atoms with van der Waals surface area (Å²) in [5.41, 5.74) is 5.22. The lowest BCUT2D eigenvalue weighted by Crippen LogP contribution is -2.16. The minimum absolute atomic E-state index is 0.216.